The van der Waals surface area contributed by atoms with E-state index >= 15 is 0 Å². The molecular formula is C12H7F4NO2. The Bertz CT molecular complexity index is 679. The van der Waals surface area contributed by atoms with Crippen LogP contribution in [0.4, 0.5) is 17.6 Å². The lowest BCUT2D eigenvalue weighted by molar-refractivity contribution is -0.139. The number of fused-ring (bicyclic) bond motifs is 1. The molecule has 1 aromatic carbocycles. The van der Waals surface area contributed by atoms with Gasteiger partial charge in [0.25, 0.3) is 0 Å². The van der Waals surface area contributed by atoms with Crippen molar-refractivity contribution in [2.75, 3.05) is 0 Å². The number of alkyl halides is 3. The molecule has 1 N–H and O–H groups in total. The van der Waals surface area contributed by atoms with E-state index < -0.39 is 29.1 Å². The standard InChI is InChI=1S/C12H7F4NO2/c1-5(18)7-4-17-10-3-8(12(14,15)16)9(13)2-6(10)11(7)19/h2-4H,1H3,(H,17,19). The number of pyridine rings is 1. The van der Waals surface area contributed by atoms with Crippen LogP contribution in [0.2, 0.25) is 0 Å². The number of halogens is 4. The molecule has 0 spiro atoms. The van der Waals surface area contributed by atoms with Crippen molar-refractivity contribution >= 4 is 16.7 Å². The van der Waals surface area contributed by atoms with Crippen molar-refractivity contribution in [3.05, 3.63) is 35.3 Å². The summed E-state index contributed by atoms with van der Waals surface area (Å²) in [6.07, 6.45) is -3.90. The largest absolute Gasteiger partial charge is 0.506 e. The molecule has 0 aliphatic rings. The Hall–Kier alpha value is -2.18. The Balaban J connectivity index is 2.79. The fourth-order valence-electron chi connectivity index (χ4n) is 1.67. The van der Waals surface area contributed by atoms with Crippen LogP contribution in [0.5, 0.6) is 5.75 Å². The maximum absolute atomic E-state index is 13.4. The number of aromatic hydroxyl groups is 1. The van der Waals surface area contributed by atoms with Crippen LogP contribution >= 0.6 is 0 Å². The maximum Gasteiger partial charge on any atom is 0.419 e. The molecule has 0 amide bonds. The van der Waals surface area contributed by atoms with E-state index in [0.29, 0.717) is 12.1 Å². The number of rotatable bonds is 1. The molecule has 1 aromatic heterocycles. The molecule has 19 heavy (non-hydrogen) atoms. The van der Waals surface area contributed by atoms with Crippen molar-refractivity contribution < 1.29 is 27.5 Å². The highest BCUT2D eigenvalue weighted by Crippen LogP contribution is 2.36. The quantitative estimate of drug-likeness (QED) is 0.640. The van der Waals surface area contributed by atoms with E-state index in [1.54, 1.807) is 0 Å². The molecule has 2 aromatic rings. The summed E-state index contributed by atoms with van der Waals surface area (Å²) < 4.78 is 50.9. The minimum atomic E-state index is -4.85. The molecule has 0 aliphatic carbocycles. The van der Waals surface area contributed by atoms with Gasteiger partial charge in [-0.25, -0.2) is 4.39 Å². The number of hydrogen-bond donors (Lipinski definition) is 1. The second-order valence-corrected chi connectivity index (χ2v) is 3.92. The van der Waals surface area contributed by atoms with Gasteiger partial charge in [-0.15, -0.1) is 0 Å². The molecule has 7 heteroatoms. The zero-order chi connectivity index (χ0) is 14.4. The SMILES string of the molecule is CC(=O)c1cnc2cc(C(F)(F)F)c(F)cc2c1O. The summed E-state index contributed by atoms with van der Waals surface area (Å²) >= 11 is 0. The number of carbonyl (C=O) groups excluding carboxylic acids is 1. The van der Waals surface area contributed by atoms with Crippen LogP contribution in [0, 0.1) is 5.82 Å². The van der Waals surface area contributed by atoms with Gasteiger partial charge in [-0.3, -0.25) is 9.78 Å². The van der Waals surface area contributed by atoms with Crippen LogP contribution in [-0.4, -0.2) is 15.9 Å². The number of aromatic nitrogens is 1. The Morgan fingerprint density at radius 2 is 1.95 bits per heavy atom. The molecular weight excluding hydrogens is 266 g/mol. The molecule has 1 heterocycles. The first-order valence-corrected chi connectivity index (χ1v) is 5.11. The Kier molecular flexibility index (Phi) is 2.92. The van der Waals surface area contributed by atoms with Crippen molar-refractivity contribution in [1.82, 2.24) is 4.98 Å². The van der Waals surface area contributed by atoms with Crippen molar-refractivity contribution in [2.45, 2.75) is 13.1 Å². The molecule has 100 valence electrons. The third-order valence-corrected chi connectivity index (χ3v) is 2.61. The molecule has 0 bridgehead atoms. The molecule has 3 nitrogen and oxygen atoms in total. The van der Waals surface area contributed by atoms with Gasteiger partial charge in [0.2, 0.25) is 0 Å². The first-order chi connectivity index (χ1) is 8.71. The predicted octanol–water partition coefficient (Wildman–Crippen LogP) is 3.30. The molecule has 0 saturated carbocycles. The summed E-state index contributed by atoms with van der Waals surface area (Å²) in [6, 6.07) is 1.02. The monoisotopic (exact) mass is 273 g/mol. The number of ketones is 1. The van der Waals surface area contributed by atoms with Crippen molar-refractivity contribution in [1.29, 1.82) is 0 Å². The topological polar surface area (TPSA) is 50.2 Å². The van der Waals surface area contributed by atoms with E-state index in [1.165, 1.54) is 0 Å². The van der Waals surface area contributed by atoms with E-state index in [0.717, 1.165) is 13.1 Å². The summed E-state index contributed by atoms with van der Waals surface area (Å²) in [5.74, 6) is -2.63. The fourth-order valence-corrected chi connectivity index (χ4v) is 1.67. The lowest BCUT2D eigenvalue weighted by Crippen LogP contribution is -2.08. The van der Waals surface area contributed by atoms with E-state index in [9.17, 15) is 27.5 Å². The number of benzene rings is 1. The fraction of sp³-hybridized carbons (Fsp3) is 0.167. The normalized spacial score (nSPS) is 11.8. The van der Waals surface area contributed by atoms with Crippen LogP contribution in [0.3, 0.4) is 0 Å². The third kappa shape index (κ3) is 2.23. The Morgan fingerprint density at radius 1 is 1.32 bits per heavy atom. The smallest absolute Gasteiger partial charge is 0.419 e. The minimum absolute atomic E-state index is 0.174. The van der Waals surface area contributed by atoms with Gasteiger partial charge in [0.1, 0.15) is 11.6 Å². The zero-order valence-corrected chi connectivity index (χ0v) is 9.55. The third-order valence-electron chi connectivity index (χ3n) is 2.61. The zero-order valence-electron chi connectivity index (χ0n) is 9.55. The average molecular weight is 273 g/mol. The molecule has 0 radical (unpaired) electrons. The van der Waals surface area contributed by atoms with Crippen LogP contribution in [-0.2, 0) is 6.18 Å². The summed E-state index contributed by atoms with van der Waals surface area (Å²) in [5.41, 5.74) is -1.88. The van der Waals surface area contributed by atoms with Gasteiger partial charge in [0.05, 0.1) is 16.6 Å². The Morgan fingerprint density at radius 3 is 2.47 bits per heavy atom. The van der Waals surface area contributed by atoms with Gasteiger partial charge in [0, 0.05) is 11.6 Å². The molecule has 0 aliphatic heterocycles. The van der Waals surface area contributed by atoms with Gasteiger partial charge in [-0.1, -0.05) is 0 Å². The lowest BCUT2D eigenvalue weighted by atomic mass is 10.1. The molecule has 2 rings (SSSR count). The van der Waals surface area contributed by atoms with E-state index in [2.05, 4.69) is 4.98 Å². The predicted molar refractivity (Wildman–Crippen MR) is 58.4 cm³/mol. The van der Waals surface area contributed by atoms with Crippen LogP contribution in [0.15, 0.2) is 18.3 Å². The second kappa shape index (κ2) is 4.18. The molecule has 0 fully saturated rings. The summed E-state index contributed by atoms with van der Waals surface area (Å²) in [6.45, 7) is 1.16. The first-order valence-electron chi connectivity index (χ1n) is 5.11. The minimum Gasteiger partial charge on any atom is -0.506 e. The van der Waals surface area contributed by atoms with Crippen LogP contribution in [0.1, 0.15) is 22.8 Å². The van der Waals surface area contributed by atoms with Crippen molar-refractivity contribution in [2.24, 2.45) is 0 Å². The first kappa shape index (κ1) is 13.3. The van der Waals surface area contributed by atoms with Gasteiger partial charge in [0.15, 0.2) is 5.78 Å². The maximum atomic E-state index is 13.4. The van der Waals surface area contributed by atoms with Crippen LogP contribution < -0.4 is 0 Å². The highest BCUT2D eigenvalue weighted by Gasteiger charge is 2.34. The summed E-state index contributed by atoms with van der Waals surface area (Å²) in [5, 5.41) is 9.49. The lowest BCUT2D eigenvalue weighted by Gasteiger charge is -2.10. The summed E-state index contributed by atoms with van der Waals surface area (Å²) in [7, 11) is 0. The number of nitrogens with zero attached hydrogens (tertiary/aromatic N) is 1. The summed E-state index contributed by atoms with van der Waals surface area (Å²) in [4.78, 5) is 14.8. The van der Waals surface area contributed by atoms with Crippen molar-refractivity contribution in [3.63, 3.8) is 0 Å². The van der Waals surface area contributed by atoms with Gasteiger partial charge >= 0.3 is 6.18 Å². The number of Topliss-reactive ketones (excluding diaryl/α,β-unsaturated/α-hetero) is 1. The number of carbonyl (C=O) groups is 1. The highest BCUT2D eigenvalue weighted by molar-refractivity contribution is 6.02. The van der Waals surface area contributed by atoms with E-state index in [4.69, 9.17) is 0 Å². The van der Waals surface area contributed by atoms with Crippen LogP contribution in [0.25, 0.3) is 10.9 Å². The average Bonchev–Trinajstić information content (AvgIpc) is 2.27. The molecule has 0 unspecified atom stereocenters. The van der Waals surface area contributed by atoms with Gasteiger partial charge in [-0.2, -0.15) is 13.2 Å². The molecule has 0 atom stereocenters. The second-order valence-electron chi connectivity index (χ2n) is 3.92. The highest BCUT2D eigenvalue weighted by atomic mass is 19.4. The Labute approximate surface area is 104 Å². The molecule has 0 saturated heterocycles. The van der Waals surface area contributed by atoms with E-state index in [1.807, 2.05) is 0 Å². The number of hydrogen-bond acceptors (Lipinski definition) is 3. The van der Waals surface area contributed by atoms with Crippen molar-refractivity contribution in [3.8, 4) is 5.75 Å². The van der Waals surface area contributed by atoms with Gasteiger partial charge < -0.3 is 5.11 Å². The van der Waals surface area contributed by atoms with E-state index in [-0.39, 0.29) is 16.5 Å². The van der Waals surface area contributed by atoms with Gasteiger partial charge in [-0.05, 0) is 19.1 Å².